The maximum absolute atomic E-state index is 11.9. The summed E-state index contributed by atoms with van der Waals surface area (Å²) >= 11 is 0. The Morgan fingerprint density at radius 2 is 2.25 bits per heavy atom. The second kappa shape index (κ2) is 5.16. The Labute approximate surface area is 113 Å². The zero-order chi connectivity index (χ0) is 14.9. The second-order valence-electron chi connectivity index (χ2n) is 4.33. The molecule has 8 heteroatoms. The van der Waals surface area contributed by atoms with Crippen LogP contribution in [-0.2, 0) is 9.59 Å². The van der Waals surface area contributed by atoms with E-state index in [2.05, 4.69) is 0 Å². The van der Waals surface area contributed by atoms with Crippen molar-refractivity contribution in [3.05, 3.63) is 28.3 Å². The molecular formula is C12H12N2O6. The third kappa shape index (κ3) is 2.27. The topological polar surface area (TPSA) is 110 Å². The number of nitro groups is 1. The van der Waals surface area contributed by atoms with Gasteiger partial charge in [-0.25, -0.2) is 0 Å². The van der Waals surface area contributed by atoms with Crippen molar-refractivity contribution in [1.82, 2.24) is 0 Å². The van der Waals surface area contributed by atoms with Gasteiger partial charge in [-0.15, -0.1) is 0 Å². The molecule has 1 aliphatic heterocycles. The molecule has 0 aromatic heterocycles. The zero-order valence-corrected chi connectivity index (χ0v) is 10.6. The normalized spacial score (nSPS) is 18.1. The summed E-state index contributed by atoms with van der Waals surface area (Å²) in [5.74, 6) is -2.27. The Hall–Kier alpha value is -2.64. The molecule has 1 aromatic carbocycles. The largest absolute Gasteiger partial charge is 0.494 e. The molecule has 8 nitrogen and oxygen atoms in total. The van der Waals surface area contributed by atoms with Gasteiger partial charge in [-0.05, 0) is 6.07 Å². The lowest BCUT2D eigenvalue weighted by Crippen LogP contribution is -2.27. The van der Waals surface area contributed by atoms with Crippen LogP contribution in [0.15, 0.2) is 18.2 Å². The van der Waals surface area contributed by atoms with Crippen LogP contribution < -0.4 is 9.64 Å². The molecule has 0 spiro atoms. The van der Waals surface area contributed by atoms with Crippen molar-refractivity contribution in [2.45, 2.75) is 6.42 Å². The minimum atomic E-state index is -1.10. The van der Waals surface area contributed by atoms with E-state index in [1.807, 2.05) is 0 Å². The first-order chi connectivity index (χ1) is 9.45. The highest BCUT2D eigenvalue weighted by molar-refractivity contribution is 6.02. The zero-order valence-electron chi connectivity index (χ0n) is 10.6. The molecule has 0 radical (unpaired) electrons. The number of hydrogen-bond acceptors (Lipinski definition) is 5. The molecule has 20 heavy (non-hydrogen) atoms. The van der Waals surface area contributed by atoms with Gasteiger partial charge in [-0.1, -0.05) is 6.07 Å². The smallest absolute Gasteiger partial charge is 0.308 e. The first kappa shape index (κ1) is 13.8. The fourth-order valence-corrected chi connectivity index (χ4v) is 2.18. The highest BCUT2D eigenvalue weighted by Crippen LogP contribution is 2.40. The molecule has 106 valence electrons. The second-order valence-corrected chi connectivity index (χ2v) is 4.33. The van der Waals surface area contributed by atoms with Gasteiger partial charge in [0.2, 0.25) is 5.91 Å². The quantitative estimate of drug-likeness (QED) is 0.651. The number of aliphatic carboxylic acids is 1. The Morgan fingerprint density at radius 3 is 2.75 bits per heavy atom. The van der Waals surface area contributed by atoms with Crippen molar-refractivity contribution >= 4 is 23.3 Å². The van der Waals surface area contributed by atoms with Gasteiger partial charge in [0, 0.05) is 19.0 Å². The van der Waals surface area contributed by atoms with E-state index in [1.165, 1.54) is 25.3 Å². The number of benzene rings is 1. The van der Waals surface area contributed by atoms with Gasteiger partial charge < -0.3 is 14.7 Å². The van der Waals surface area contributed by atoms with Gasteiger partial charge in [0.25, 0.3) is 5.69 Å². The Bertz CT molecular complexity index is 585. The first-order valence-electron chi connectivity index (χ1n) is 5.80. The first-order valence-corrected chi connectivity index (χ1v) is 5.80. The van der Waals surface area contributed by atoms with Crippen LogP contribution >= 0.6 is 0 Å². The number of para-hydroxylation sites is 1. The van der Waals surface area contributed by atoms with E-state index in [1.54, 1.807) is 0 Å². The van der Waals surface area contributed by atoms with Gasteiger partial charge in [-0.2, -0.15) is 0 Å². The molecule has 0 saturated carbocycles. The standard InChI is InChI=1S/C12H12N2O6/c1-20-9-4-2-3-8(14(18)19)11(9)13-6-7(12(16)17)5-10(13)15/h2-4,7H,5-6H2,1H3,(H,16,17). The van der Waals surface area contributed by atoms with E-state index in [9.17, 15) is 19.7 Å². The number of carboxylic acid groups (broad SMARTS) is 1. The number of anilines is 1. The van der Waals surface area contributed by atoms with Crippen LogP contribution in [0.5, 0.6) is 5.75 Å². The van der Waals surface area contributed by atoms with Gasteiger partial charge >= 0.3 is 5.97 Å². The predicted molar refractivity (Wildman–Crippen MR) is 67.7 cm³/mol. The number of ether oxygens (including phenoxy) is 1. The molecule has 1 aromatic rings. The van der Waals surface area contributed by atoms with Crippen LogP contribution in [0.2, 0.25) is 0 Å². The molecule has 1 N–H and O–H groups in total. The molecule has 1 aliphatic rings. The van der Waals surface area contributed by atoms with Crippen molar-refractivity contribution in [2.24, 2.45) is 5.92 Å². The van der Waals surface area contributed by atoms with Crippen LogP contribution in [0.1, 0.15) is 6.42 Å². The molecule has 0 aliphatic carbocycles. The summed E-state index contributed by atoms with van der Waals surface area (Å²) in [4.78, 5) is 34.4. The summed E-state index contributed by atoms with van der Waals surface area (Å²) in [6.07, 6.45) is -0.176. The van der Waals surface area contributed by atoms with E-state index < -0.39 is 22.7 Å². The molecule has 0 bridgehead atoms. The van der Waals surface area contributed by atoms with Crippen molar-refractivity contribution < 1.29 is 24.4 Å². The fourth-order valence-electron chi connectivity index (χ4n) is 2.18. The van der Waals surface area contributed by atoms with Gasteiger partial charge in [0.1, 0.15) is 5.75 Å². The number of nitro benzene ring substituents is 1. The van der Waals surface area contributed by atoms with Gasteiger partial charge in [0.05, 0.1) is 18.0 Å². The van der Waals surface area contributed by atoms with Crippen molar-refractivity contribution in [1.29, 1.82) is 0 Å². The predicted octanol–water partition coefficient (Wildman–Crippen LogP) is 1.04. The van der Waals surface area contributed by atoms with E-state index >= 15 is 0 Å². The molecular weight excluding hydrogens is 268 g/mol. The van der Waals surface area contributed by atoms with E-state index in [4.69, 9.17) is 9.84 Å². The molecule has 2 rings (SSSR count). The monoisotopic (exact) mass is 280 g/mol. The number of carbonyl (C=O) groups excluding carboxylic acids is 1. The number of amides is 1. The van der Waals surface area contributed by atoms with E-state index in [0.29, 0.717) is 0 Å². The third-order valence-electron chi connectivity index (χ3n) is 3.14. The Morgan fingerprint density at radius 1 is 1.55 bits per heavy atom. The molecule has 1 unspecified atom stereocenters. The summed E-state index contributed by atoms with van der Waals surface area (Å²) in [6.45, 7) is -0.102. The Kier molecular flexibility index (Phi) is 3.55. The van der Waals surface area contributed by atoms with Crippen LogP contribution in [0.3, 0.4) is 0 Å². The van der Waals surface area contributed by atoms with Crippen LogP contribution in [0.25, 0.3) is 0 Å². The third-order valence-corrected chi connectivity index (χ3v) is 3.14. The molecule has 1 amide bonds. The summed E-state index contributed by atoms with van der Waals surface area (Å²) < 4.78 is 5.05. The highest BCUT2D eigenvalue weighted by atomic mass is 16.6. The molecule has 1 atom stereocenters. The van der Waals surface area contributed by atoms with E-state index in [0.717, 1.165) is 4.90 Å². The number of hydrogen-bond donors (Lipinski definition) is 1. The maximum Gasteiger partial charge on any atom is 0.308 e. The molecule has 1 fully saturated rings. The summed E-state index contributed by atoms with van der Waals surface area (Å²) in [5, 5.41) is 20.0. The van der Waals surface area contributed by atoms with Crippen molar-refractivity contribution in [2.75, 3.05) is 18.6 Å². The maximum atomic E-state index is 11.9. The van der Waals surface area contributed by atoms with Gasteiger partial charge in [-0.3, -0.25) is 19.7 Å². The fraction of sp³-hybridized carbons (Fsp3) is 0.333. The lowest BCUT2D eigenvalue weighted by Gasteiger charge is -2.18. The molecule has 1 heterocycles. The molecule has 1 saturated heterocycles. The minimum Gasteiger partial charge on any atom is -0.494 e. The summed E-state index contributed by atoms with van der Waals surface area (Å²) in [6, 6.07) is 4.18. The number of rotatable bonds is 4. The average Bonchev–Trinajstić information content (AvgIpc) is 2.79. The number of nitrogens with zero attached hydrogens (tertiary/aromatic N) is 2. The number of carboxylic acids is 1. The number of carbonyl (C=O) groups is 2. The minimum absolute atomic E-state index is 0.00810. The average molecular weight is 280 g/mol. The summed E-state index contributed by atoms with van der Waals surface area (Å²) in [7, 11) is 1.33. The van der Waals surface area contributed by atoms with Crippen LogP contribution in [0, 0.1) is 16.0 Å². The summed E-state index contributed by atoms with van der Waals surface area (Å²) in [5.41, 5.74) is -0.280. The SMILES string of the molecule is COc1cccc([N+](=O)[O-])c1N1CC(C(=O)O)CC1=O. The van der Waals surface area contributed by atoms with E-state index in [-0.39, 0.29) is 30.1 Å². The van der Waals surface area contributed by atoms with Crippen molar-refractivity contribution in [3.8, 4) is 5.75 Å². The van der Waals surface area contributed by atoms with Crippen LogP contribution in [0.4, 0.5) is 11.4 Å². The Balaban J connectivity index is 2.49. The lowest BCUT2D eigenvalue weighted by molar-refractivity contribution is -0.384. The number of methoxy groups -OCH3 is 1. The highest BCUT2D eigenvalue weighted by Gasteiger charge is 2.39. The lowest BCUT2D eigenvalue weighted by atomic mass is 10.1. The van der Waals surface area contributed by atoms with Gasteiger partial charge in [0.15, 0.2) is 5.69 Å². The van der Waals surface area contributed by atoms with Crippen molar-refractivity contribution in [3.63, 3.8) is 0 Å². The van der Waals surface area contributed by atoms with Crippen LogP contribution in [-0.4, -0.2) is 35.6 Å².